The van der Waals surface area contributed by atoms with E-state index in [0.29, 0.717) is 6.04 Å². The molecule has 0 saturated heterocycles. The van der Waals surface area contributed by atoms with E-state index in [9.17, 15) is 0 Å². The highest BCUT2D eigenvalue weighted by atomic mass is 16.4. The van der Waals surface area contributed by atoms with Crippen molar-refractivity contribution in [2.75, 3.05) is 11.9 Å². The monoisotopic (exact) mass is 276 g/mol. The Labute approximate surface area is 120 Å². The fourth-order valence-electron chi connectivity index (χ4n) is 2.98. The van der Waals surface area contributed by atoms with Crippen molar-refractivity contribution < 1.29 is 5.21 Å². The smallest absolute Gasteiger partial charge is 0.174 e. The summed E-state index contributed by atoms with van der Waals surface area (Å²) in [6, 6.07) is 2.36. The Balaban J connectivity index is 2.30. The summed E-state index contributed by atoms with van der Waals surface area (Å²) >= 11 is 0. The van der Waals surface area contributed by atoms with Gasteiger partial charge in [0.2, 0.25) is 0 Å². The summed E-state index contributed by atoms with van der Waals surface area (Å²) in [4.78, 5) is 6.64. The number of hydrogen-bond acceptors (Lipinski definition) is 4. The third-order valence-electron chi connectivity index (χ3n) is 4.37. The van der Waals surface area contributed by atoms with Crippen molar-refractivity contribution in [1.29, 1.82) is 0 Å². The molecule has 0 unspecified atom stereocenters. The maximum atomic E-state index is 8.98. The zero-order valence-electron chi connectivity index (χ0n) is 12.5. The molecule has 2 rings (SSSR count). The zero-order chi connectivity index (χ0) is 14.7. The second-order valence-corrected chi connectivity index (χ2v) is 5.84. The van der Waals surface area contributed by atoms with Crippen LogP contribution in [0.4, 0.5) is 5.82 Å². The van der Waals surface area contributed by atoms with E-state index >= 15 is 0 Å². The van der Waals surface area contributed by atoms with E-state index in [0.717, 1.165) is 22.9 Å². The van der Waals surface area contributed by atoms with E-state index in [1.807, 2.05) is 13.0 Å². The van der Waals surface area contributed by atoms with Crippen molar-refractivity contribution in [2.24, 2.45) is 16.8 Å². The van der Waals surface area contributed by atoms with Crippen LogP contribution in [0, 0.1) is 12.8 Å². The molecule has 1 heterocycles. The molecule has 0 aliphatic heterocycles. The van der Waals surface area contributed by atoms with Crippen molar-refractivity contribution >= 4 is 11.7 Å². The summed E-state index contributed by atoms with van der Waals surface area (Å²) in [5.41, 5.74) is 7.52. The number of nitrogens with zero attached hydrogens (tertiary/aromatic N) is 3. The van der Waals surface area contributed by atoms with Crippen LogP contribution in [0.2, 0.25) is 0 Å². The maximum Gasteiger partial charge on any atom is 0.174 e. The predicted molar refractivity (Wildman–Crippen MR) is 81.3 cm³/mol. The number of hydrogen-bond donors (Lipinski definition) is 2. The molecule has 1 fully saturated rings. The van der Waals surface area contributed by atoms with Gasteiger partial charge in [-0.25, -0.2) is 4.98 Å². The van der Waals surface area contributed by atoms with Gasteiger partial charge in [-0.15, -0.1) is 0 Å². The van der Waals surface area contributed by atoms with E-state index in [1.165, 1.54) is 25.7 Å². The molecule has 0 atom stereocenters. The number of aryl methyl sites for hydroxylation is 1. The summed E-state index contributed by atoms with van der Waals surface area (Å²) in [5, 5.41) is 12.1. The fourth-order valence-corrected chi connectivity index (χ4v) is 2.98. The number of aromatic nitrogens is 1. The van der Waals surface area contributed by atoms with Gasteiger partial charge in [0.1, 0.15) is 5.82 Å². The fraction of sp³-hybridized carbons (Fsp3) is 0.600. The molecule has 3 N–H and O–H groups in total. The number of anilines is 1. The number of amidine groups is 1. The third kappa shape index (κ3) is 2.86. The van der Waals surface area contributed by atoms with Gasteiger partial charge in [-0.2, -0.15) is 0 Å². The van der Waals surface area contributed by atoms with Crippen LogP contribution in [0.3, 0.4) is 0 Å². The highest BCUT2D eigenvalue weighted by Crippen LogP contribution is 2.30. The van der Waals surface area contributed by atoms with Gasteiger partial charge in [0, 0.05) is 19.3 Å². The minimum absolute atomic E-state index is 0.127. The normalized spacial score (nSPS) is 23.6. The molecule has 1 aromatic heterocycles. The first kappa shape index (κ1) is 14.6. The van der Waals surface area contributed by atoms with Gasteiger partial charge >= 0.3 is 0 Å². The summed E-state index contributed by atoms with van der Waals surface area (Å²) in [5.74, 6) is 1.75. The van der Waals surface area contributed by atoms with E-state index < -0.39 is 0 Å². The van der Waals surface area contributed by atoms with Crippen molar-refractivity contribution in [1.82, 2.24) is 4.98 Å². The Morgan fingerprint density at radius 3 is 2.65 bits per heavy atom. The molecule has 1 aliphatic rings. The standard InChI is InChI=1S/C15H24N4O/c1-10-4-6-12(7-5-10)19(3)15-13(14(16)18-20)11(2)8-9-17-15/h8-10,12,20H,4-7H2,1-3H3,(H2,16,18). The highest BCUT2D eigenvalue weighted by molar-refractivity contribution is 6.02. The van der Waals surface area contributed by atoms with Crippen LogP contribution in [0.5, 0.6) is 0 Å². The quantitative estimate of drug-likeness (QED) is 0.385. The topological polar surface area (TPSA) is 74.7 Å². The van der Waals surface area contributed by atoms with Gasteiger partial charge in [-0.3, -0.25) is 0 Å². The average molecular weight is 276 g/mol. The Morgan fingerprint density at radius 2 is 2.05 bits per heavy atom. The first-order chi connectivity index (χ1) is 9.54. The second-order valence-electron chi connectivity index (χ2n) is 5.84. The average Bonchev–Trinajstić information content (AvgIpc) is 2.46. The van der Waals surface area contributed by atoms with Crippen LogP contribution >= 0.6 is 0 Å². The Hall–Kier alpha value is -1.78. The van der Waals surface area contributed by atoms with Gasteiger partial charge in [-0.05, 0) is 50.2 Å². The van der Waals surface area contributed by atoms with E-state index in [4.69, 9.17) is 10.9 Å². The lowest BCUT2D eigenvalue weighted by Gasteiger charge is -2.35. The SMILES string of the molecule is Cc1ccnc(N(C)C2CCC(C)CC2)c1/C(N)=N/O. The lowest BCUT2D eigenvalue weighted by atomic mass is 9.86. The first-order valence-electron chi connectivity index (χ1n) is 7.21. The van der Waals surface area contributed by atoms with Crippen molar-refractivity contribution in [2.45, 2.75) is 45.6 Å². The lowest BCUT2D eigenvalue weighted by molar-refractivity contribution is 0.318. The molecular weight excluding hydrogens is 252 g/mol. The summed E-state index contributed by atoms with van der Waals surface area (Å²) < 4.78 is 0. The first-order valence-corrected chi connectivity index (χ1v) is 7.21. The Morgan fingerprint density at radius 1 is 1.40 bits per heavy atom. The van der Waals surface area contributed by atoms with Gasteiger partial charge in [-0.1, -0.05) is 12.1 Å². The molecule has 0 aromatic carbocycles. The van der Waals surface area contributed by atoms with Gasteiger partial charge in [0.15, 0.2) is 5.84 Å². The molecule has 0 spiro atoms. The zero-order valence-corrected chi connectivity index (χ0v) is 12.5. The lowest BCUT2D eigenvalue weighted by Crippen LogP contribution is -2.37. The molecule has 5 nitrogen and oxygen atoms in total. The van der Waals surface area contributed by atoms with Crippen LogP contribution in [0.25, 0.3) is 0 Å². The van der Waals surface area contributed by atoms with Crippen LogP contribution in [0.15, 0.2) is 17.4 Å². The third-order valence-corrected chi connectivity index (χ3v) is 4.37. The molecule has 0 bridgehead atoms. The highest BCUT2D eigenvalue weighted by Gasteiger charge is 2.25. The van der Waals surface area contributed by atoms with Crippen LogP contribution in [-0.2, 0) is 0 Å². The minimum atomic E-state index is 0.127. The maximum absolute atomic E-state index is 8.98. The van der Waals surface area contributed by atoms with Gasteiger partial charge < -0.3 is 15.8 Å². The Bertz CT molecular complexity index is 493. The van der Waals surface area contributed by atoms with Crippen LogP contribution in [0.1, 0.15) is 43.7 Å². The van der Waals surface area contributed by atoms with Gasteiger partial charge in [0.05, 0.1) is 5.56 Å². The molecule has 0 radical (unpaired) electrons. The van der Waals surface area contributed by atoms with Crippen molar-refractivity contribution in [3.63, 3.8) is 0 Å². The number of pyridine rings is 1. The van der Waals surface area contributed by atoms with Crippen LogP contribution in [-0.4, -0.2) is 29.1 Å². The molecule has 1 aliphatic carbocycles. The molecular formula is C15H24N4O. The van der Waals surface area contributed by atoms with Crippen LogP contribution < -0.4 is 10.6 Å². The van der Waals surface area contributed by atoms with E-state index in [2.05, 4.69) is 29.0 Å². The molecule has 1 aromatic rings. The second kappa shape index (κ2) is 6.11. The Kier molecular flexibility index (Phi) is 4.47. The molecule has 1 saturated carbocycles. The predicted octanol–water partition coefficient (Wildman–Crippen LogP) is 2.50. The molecule has 5 heteroatoms. The molecule has 0 amide bonds. The van der Waals surface area contributed by atoms with Gasteiger partial charge in [0.25, 0.3) is 0 Å². The van der Waals surface area contributed by atoms with Crippen molar-refractivity contribution in [3.05, 3.63) is 23.4 Å². The van der Waals surface area contributed by atoms with E-state index in [-0.39, 0.29) is 5.84 Å². The van der Waals surface area contributed by atoms with Crippen molar-refractivity contribution in [3.8, 4) is 0 Å². The number of nitrogens with two attached hydrogens (primary N) is 1. The minimum Gasteiger partial charge on any atom is -0.409 e. The number of rotatable bonds is 3. The molecule has 110 valence electrons. The largest absolute Gasteiger partial charge is 0.409 e. The molecule has 20 heavy (non-hydrogen) atoms. The summed E-state index contributed by atoms with van der Waals surface area (Å²) in [6.07, 6.45) is 6.62. The number of oxime groups is 1. The summed E-state index contributed by atoms with van der Waals surface area (Å²) in [6.45, 7) is 4.26. The van der Waals surface area contributed by atoms with E-state index in [1.54, 1.807) is 6.20 Å². The summed E-state index contributed by atoms with van der Waals surface area (Å²) in [7, 11) is 2.05.